The van der Waals surface area contributed by atoms with Gasteiger partial charge in [-0.1, -0.05) is 45.4 Å². The van der Waals surface area contributed by atoms with Crippen molar-refractivity contribution in [3.8, 4) is 0 Å². The number of piperidine rings is 1. The standard InChI is InChI=1S/C52H76FNO13/c1-11-36-19-29(2)18-30(3)22-45(63-9)48-46(64-10)24-33(6)52(61,67-48)49(58)50(59)54-17-13-12-14-39(54)51(60)66-47(34(7)40(55)27-41(36)56)32(5)23-35-15-16-43(44(25-35)62-8)65-28-42(57)37-20-31(4)21-38(53)26-37/h19-21,23,26,30,33-36,39-40,43-48,55,61H,11-18,22,24-25,27-28H2,1-10H3/b29-19+,32-23?. The van der Waals surface area contributed by atoms with Crippen LogP contribution in [0.5, 0.6) is 0 Å². The van der Waals surface area contributed by atoms with Crippen LogP contribution in [0.4, 0.5) is 4.39 Å². The monoisotopic (exact) mass is 942 g/mol. The van der Waals surface area contributed by atoms with Crippen LogP contribution < -0.4 is 0 Å². The third-order valence-corrected chi connectivity index (χ3v) is 14.7. The number of esters is 1. The number of aryl methyl sites for hydroxylation is 1. The van der Waals surface area contributed by atoms with Crippen molar-refractivity contribution in [3.05, 3.63) is 58.4 Å². The Kier molecular flexibility index (Phi) is 19.6. The number of hydrogen-bond donors (Lipinski definition) is 2. The fourth-order valence-corrected chi connectivity index (χ4v) is 10.7. The zero-order valence-electron chi connectivity index (χ0n) is 41.3. The van der Waals surface area contributed by atoms with E-state index in [1.165, 1.54) is 31.3 Å². The molecule has 4 aliphatic rings. The van der Waals surface area contributed by atoms with Gasteiger partial charge in [-0.3, -0.25) is 19.2 Å². The molecule has 2 bridgehead atoms. The van der Waals surface area contributed by atoms with E-state index < -0.39 is 95.8 Å². The van der Waals surface area contributed by atoms with E-state index >= 15 is 0 Å². The molecule has 374 valence electrons. The molecule has 0 radical (unpaired) electrons. The topological polar surface area (TPSA) is 184 Å². The lowest BCUT2D eigenvalue weighted by Crippen LogP contribution is -2.64. The molecule has 1 aromatic carbocycles. The van der Waals surface area contributed by atoms with Crippen LogP contribution in [0.25, 0.3) is 0 Å². The number of halogens is 1. The number of rotatable bonds is 10. The molecule has 15 heteroatoms. The summed E-state index contributed by atoms with van der Waals surface area (Å²) in [7, 11) is 4.61. The molecule has 2 saturated heterocycles. The molecule has 14 unspecified atom stereocenters. The number of carbonyl (C=O) groups is 5. The third-order valence-electron chi connectivity index (χ3n) is 14.7. The lowest BCUT2D eigenvalue weighted by molar-refractivity contribution is -0.302. The van der Waals surface area contributed by atoms with E-state index in [0.717, 1.165) is 5.57 Å². The minimum Gasteiger partial charge on any atom is -0.456 e. The Balaban J connectivity index is 1.45. The molecule has 14 atom stereocenters. The number of carbonyl (C=O) groups excluding carboxylic acids is 5. The molecule has 67 heavy (non-hydrogen) atoms. The fourth-order valence-electron chi connectivity index (χ4n) is 10.7. The molecule has 3 aliphatic heterocycles. The molecular formula is C52H76FNO13. The molecule has 3 heterocycles. The largest absolute Gasteiger partial charge is 0.456 e. The highest BCUT2D eigenvalue weighted by Crippen LogP contribution is 2.39. The molecule has 0 spiro atoms. The summed E-state index contributed by atoms with van der Waals surface area (Å²) in [4.78, 5) is 71.3. The maximum Gasteiger partial charge on any atom is 0.329 e. The summed E-state index contributed by atoms with van der Waals surface area (Å²) in [6, 6.07) is 2.99. The zero-order chi connectivity index (χ0) is 49.3. The highest BCUT2D eigenvalue weighted by Gasteiger charge is 2.56. The number of methoxy groups -OCH3 is 3. The van der Waals surface area contributed by atoms with Crippen LogP contribution in [0, 0.1) is 42.3 Å². The van der Waals surface area contributed by atoms with Crippen molar-refractivity contribution < 1.29 is 67.0 Å². The lowest BCUT2D eigenvalue weighted by Gasteiger charge is -2.47. The normalized spacial score (nSPS) is 36.6. The van der Waals surface area contributed by atoms with Crippen LogP contribution in [0.3, 0.4) is 0 Å². The summed E-state index contributed by atoms with van der Waals surface area (Å²) in [6.45, 7) is 12.6. The average Bonchev–Trinajstić information content (AvgIpc) is 3.30. The van der Waals surface area contributed by atoms with Gasteiger partial charge >= 0.3 is 5.97 Å². The summed E-state index contributed by atoms with van der Waals surface area (Å²) < 4.78 is 50.3. The highest BCUT2D eigenvalue weighted by molar-refractivity contribution is 6.39. The number of allylic oxidation sites excluding steroid dienone is 3. The molecule has 1 aromatic rings. The fraction of sp³-hybridized carbons (Fsp3) is 0.712. The van der Waals surface area contributed by atoms with Gasteiger partial charge in [0.1, 0.15) is 36.5 Å². The van der Waals surface area contributed by atoms with Crippen molar-refractivity contribution in [1.29, 1.82) is 0 Å². The predicted octanol–water partition coefficient (Wildman–Crippen LogP) is 6.83. The second-order valence-corrected chi connectivity index (χ2v) is 19.9. The first-order chi connectivity index (χ1) is 31.7. The van der Waals surface area contributed by atoms with Crippen LogP contribution in [0.15, 0.2) is 41.5 Å². The van der Waals surface area contributed by atoms with Gasteiger partial charge in [-0.05, 0) is 126 Å². The molecule has 3 fully saturated rings. The quantitative estimate of drug-likeness (QED) is 0.108. The van der Waals surface area contributed by atoms with Crippen LogP contribution in [0.1, 0.15) is 128 Å². The van der Waals surface area contributed by atoms with Crippen LogP contribution in [0.2, 0.25) is 0 Å². The Bertz CT molecular complexity index is 1950. The summed E-state index contributed by atoms with van der Waals surface area (Å²) >= 11 is 0. The molecule has 5 rings (SSSR count). The van der Waals surface area contributed by atoms with Gasteiger partial charge in [0, 0.05) is 57.6 Å². The third kappa shape index (κ3) is 13.3. The predicted molar refractivity (Wildman–Crippen MR) is 247 cm³/mol. The first-order valence-electron chi connectivity index (χ1n) is 24.3. The Morgan fingerprint density at radius 2 is 1.60 bits per heavy atom. The van der Waals surface area contributed by atoms with Gasteiger partial charge in [0.05, 0.1) is 30.5 Å². The number of fused-ring (bicyclic) bond motifs is 3. The smallest absolute Gasteiger partial charge is 0.329 e. The van der Waals surface area contributed by atoms with Crippen molar-refractivity contribution in [1.82, 2.24) is 4.90 Å². The van der Waals surface area contributed by atoms with Crippen molar-refractivity contribution in [2.24, 2.45) is 29.6 Å². The minimum absolute atomic E-state index is 0.00861. The van der Waals surface area contributed by atoms with Gasteiger partial charge in [-0.15, -0.1) is 0 Å². The number of ether oxygens (including phenoxy) is 6. The Morgan fingerprint density at radius 1 is 0.910 bits per heavy atom. The van der Waals surface area contributed by atoms with E-state index in [2.05, 4.69) is 0 Å². The molecule has 0 aromatic heterocycles. The summed E-state index contributed by atoms with van der Waals surface area (Å²) in [5, 5.41) is 23.9. The van der Waals surface area contributed by atoms with Gasteiger partial charge in [0.15, 0.2) is 5.78 Å². The van der Waals surface area contributed by atoms with E-state index in [0.29, 0.717) is 62.5 Å². The highest BCUT2D eigenvalue weighted by atomic mass is 19.1. The van der Waals surface area contributed by atoms with Gasteiger partial charge < -0.3 is 43.5 Å². The summed E-state index contributed by atoms with van der Waals surface area (Å²) in [5.74, 6) is -8.74. The number of Topliss-reactive ketones (excluding diaryl/α,β-unsaturated/α-hetero) is 3. The number of aliphatic hydroxyl groups is 2. The first-order valence-corrected chi connectivity index (χ1v) is 24.3. The number of ketones is 3. The number of benzene rings is 1. The second-order valence-electron chi connectivity index (χ2n) is 19.9. The summed E-state index contributed by atoms with van der Waals surface area (Å²) in [5.41, 5.74) is 2.45. The van der Waals surface area contributed by atoms with Gasteiger partial charge in [-0.25, -0.2) is 9.18 Å². The van der Waals surface area contributed by atoms with Gasteiger partial charge in [0.2, 0.25) is 5.79 Å². The van der Waals surface area contributed by atoms with E-state index in [9.17, 15) is 38.6 Å². The van der Waals surface area contributed by atoms with E-state index in [-0.39, 0.29) is 61.4 Å². The van der Waals surface area contributed by atoms with Crippen molar-refractivity contribution in [2.45, 2.75) is 174 Å². The van der Waals surface area contributed by atoms with Gasteiger partial charge in [0.25, 0.3) is 11.7 Å². The second kappa shape index (κ2) is 24.2. The van der Waals surface area contributed by atoms with Gasteiger partial charge in [-0.2, -0.15) is 0 Å². The molecule has 2 N–H and O–H groups in total. The number of cyclic esters (lactones) is 1. The number of nitrogens with zero attached hydrogens (tertiary/aromatic N) is 1. The minimum atomic E-state index is -2.54. The number of aliphatic hydroxyl groups excluding tert-OH is 1. The Labute approximate surface area is 396 Å². The van der Waals surface area contributed by atoms with Crippen molar-refractivity contribution in [2.75, 3.05) is 34.5 Å². The van der Waals surface area contributed by atoms with Crippen molar-refractivity contribution >= 4 is 29.2 Å². The maximum absolute atomic E-state index is 14.5. The molecule has 1 saturated carbocycles. The van der Waals surface area contributed by atoms with Crippen molar-refractivity contribution in [3.63, 3.8) is 0 Å². The average molecular weight is 942 g/mol. The SMILES string of the molecule is CCC1/C=C(\C)CC(C)CC(OC)C2OC(O)(C(=O)C(=O)N3CCCCC3C(=O)OC(C(C)=CC3CCC(OCC(=O)c4cc(C)cc(F)c4)C(OC)C3)C(C)C(O)CC1=O)C(C)CC2OC. The van der Waals surface area contributed by atoms with E-state index in [1.54, 1.807) is 40.9 Å². The zero-order valence-corrected chi connectivity index (χ0v) is 41.3. The Morgan fingerprint density at radius 3 is 2.25 bits per heavy atom. The first kappa shape index (κ1) is 54.2. The van der Waals surface area contributed by atoms with Crippen LogP contribution >= 0.6 is 0 Å². The number of amides is 1. The Hall–Kier alpha value is -3.70. The van der Waals surface area contributed by atoms with Crippen LogP contribution in [-0.2, 0) is 47.6 Å². The molecule has 1 aliphatic carbocycles. The van der Waals surface area contributed by atoms with E-state index in [1.807, 2.05) is 32.9 Å². The van der Waals surface area contributed by atoms with Crippen LogP contribution in [-0.4, -0.2) is 133 Å². The maximum atomic E-state index is 14.5. The molecule has 14 nitrogen and oxygen atoms in total. The van der Waals surface area contributed by atoms with E-state index in [4.69, 9.17) is 28.4 Å². The lowest BCUT2D eigenvalue weighted by atomic mass is 9.81. The number of hydrogen-bond acceptors (Lipinski definition) is 13. The summed E-state index contributed by atoms with van der Waals surface area (Å²) in [6.07, 6.45) is 3.25. The molecule has 1 amide bonds. The molecular weight excluding hydrogens is 866 g/mol.